The zero-order chi connectivity index (χ0) is 13.9. The smallest absolute Gasteiger partial charge is 0.153 e. The van der Waals surface area contributed by atoms with Gasteiger partial charge in [-0.25, -0.2) is 13.8 Å². The van der Waals surface area contributed by atoms with Crippen molar-refractivity contribution in [1.82, 2.24) is 15.2 Å². The molecule has 1 saturated carbocycles. The summed E-state index contributed by atoms with van der Waals surface area (Å²) < 4.78 is 27.2. The molecule has 0 spiro atoms. The van der Waals surface area contributed by atoms with Crippen molar-refractivity contribution in [3.8, 4) is 0 Å². The lowest BCUT2D eigenvalue weighted by Gasteiger charge is -2.18. The molecule has 1 fully saturated rings. The van der Waals surface area contributed by atoms with Gasteiger partial charge in [-0.3, -0.25) is 5.10 Å². The summed E-state index contributed by atoms with van der Waals surface area (Å²) in [5.41, 5.74) is 0.0406. The minimum atomic E-state index is -0.541. The zero-order valence-corrected chi connectivity index (χ0v) is 11.2. The van der Waals surface area contributed by atoms with Gasteiger partial charge in [0.15, 0.2) is 5.82 Å². The largest absolute Gasteiger partial charge is 0.263 e. The average Bonchev–Trinajstić information content (AvgIpc) is 2.93. The fourth-order valence-corrected chi connectivity index (χ4v) is 2.80. The highest BCUT2D eigenvalue weighted by Crippen LogP contribution is 2.30. The first-order valence-corrected chi connectivity index (χ1v) is 7.08. The Morgan fingerprint density at radius 1 is 1.10 bits per heavy atom. The third-order valence-corrected chi connectivity index (χ3v) is 3.93. The normalized spacial score (nSPS) is 16.5. The van der Waals surface area contributed by atoms with Crippen molar-refractivity contribution in [1.29, 1.82) is 0 Å². The van der Waals surface area contributed by atoms with E-state index in [4.69, 9.17) is 0 Å². The summed E-state index contributed by atoms with van der Waals surface area (Å²) in [4.78, 5) is 4.41. The van der Waals surface area contributed by atoms with Crippen LogP contribution in [0.1, 0.15) is 55.2 Å². The first kappa shape index (κ1) is 13.2. The molecule has 0 radical (unpaired) electrons. The van der Waals surface area contributed by atoms with Crippen molar-refractivity contribution >= 4 is 0 Å². The molecular formula is C15H17F2N3. The lowest BCUT2D eigenvalue weighted by atomic mass is 9.89. The molecule has 0 atom stereocenters. The molecule has 1 aromatic heterocycles. The van der Waals surface area contributed by atoms with Crippen LogP contribution in [0.3, 0.4) is 0 Å². The van der Waals surface area contributed by atoms with Crippen LogP contribution in [-0.2, 0) is 6.42 Å². The predicted octanol–water partition coefficient (Wildman–Crippen LogP) is 3.72. The molecule has 0 bridgehead atoms. The van der Waals surface area contributed by atoms with E-state index in [0.717, 1.165) is 18.7 Å². The number of aromatic amines is 1. The molecule has 0 unspecified atom stereocenters. The second-order valence-corrected chi connectivity index (χ2v) is 5.35. The molecule has 0 saturated heterocycles. The summed E-state index contributed by atoms with van der Waals surface area (Å²) in [5, 5.41) is 7.03. The van der Waals surface area contributed by atoms with Crippen molar-refractivity contribution in [3.63, 3.8) is 0 Å². The van der Waals surface area contributed by atoms with E-state index in [-0.39, 0.29) is 12.0 Å². The van der Waals surface area contributed by atoms with Crippen molar-refractivity contribution in [3.05, 3.63) is 47.0 Å². The number of aromatic nitrogens is 3. The van der Waals surface area contributed by atoms with Crippen molar-refractivity contribution in [2.45, 2.75) is 44.4 Å². The Bertz CT molecular complexity index is 568. The Morgan fingerprint density at radius 3 is 2.50 bits per heavy atom. The maximum atomic E-state index is 13.6. The number of nitrogens with one attached hydrogen (secondary N) is 1. The van der Waals surface area contributed by atoms with Crippen LogP contribution in [0.25, 0.3) is 0 Å². The van der Waals surface area contributed by atoms with Gasteiger partial charge in [0.2, 0.25) is 0 Å². The summed E-state index contributed by atoms with van der Waals surface area (Å²) in [5.74, 6) is 0.617. The Balaban J connectivity index is 1.77. The number of hydrogen-bond donors (Lipinski definition) is 1. The van der Waals surface area contributed by atoms with Crippen molar-refractivity contribution < 1.29 is 8.78 Å². The lowest BCUT2D eigenvalue weighted by molar-refractivity contribution is 0.429. The highest BCUT2D eigenvalue weighted by molar-refractivity contribution is 5.23. The van der Waals surface area contributed by atoms with Gasteiger partial charge >= 0.3 is 0 Å². The molecule has 3 rings (SSSR count). The summed E-state index contributed by atoms with van der Waals surface area (Å²) in [6.07, 6.45) is 6.00. The molecule has 3 nitrogen and oxygen atoms in total. The molecular weight excluding hydrogens is 260 g/mol. The van der Waals surface area contributed by atoms with Gasteiger partial charge in [-0.15, -0.1) is 0 Å². The second kappa shape index (κ2) is 5.69. The van der Waals surface area contributed by atoms with E-state index in [9.17, 15) is 8.78 Å². The molecule has 1 aliphatic carbocycles. The molecule has 20 heavy (non-hydrogen) atoms. The molecule has 0 amide bonds. The molecule has 106 valence electrons. The fourth-order valence-electron chi connectivity index (χ4n) is 2.80. The van der Waals surface area contributed by atoms with Crippen LogP contribution in [0.2, 0.25) is 0 Å². The van der Waals surface area contributed by atoms with Crippen LogP contribution in [-0.4, -0.2) is 15.2 Å². The highest BCUT2D eigenvalue weighted by atomic mass is 19.1. The van der Waals surface area contributed by atoms with Gasteiger partial charge in [-0.1, -0.05) is 25.3 Å². The van der Waals surface area contributed by atoms with Gasteiger partial charge in [0, 0.05) is 17.9 Å². The van der Waals surface area contributed by atoms with Crippen LogP contribution in [0.5, 0.6) is 0 Å². The summed E-state index contributed by atoms with van der Waals surface area (Å²) in [7, 11) is 0. The Hall–Kier alpha value is -1.78. The van der Waals surface area contributed by atoms with Gasteiger partial charge in [0.25, 0.3) is 0 Å². The maximum absolute atomic E-state index is 13.6. The minimum absolute atomic E-state index is 0.0406. The SMILES string of the molecule is Fc1cccc(F)c1Cc1nc(C2CCCCC2)n[nH]1. The average molecular weight is 277 g/mol. The molecule has 1 aromatic carbocycles. The third-order valence-electron chi connectivity index (χ3n) is 3.93. The van der Waals surface area contributed by atoms with E-state index in [1.807, 2.05) is 0 Å². The monoisotopic (exact) mass is 277 g/mol. The van der Waals surface area contributed by atoms with Crippen LogP contribution in [0.4, 0.5) is 8.78 Å². The molecule has 1 heterocycles. The molecule has 5 heteroatoms. The third kappa shape index (κ3) is 2.71. The van der Waals surface area contributed by atoms with E-state index >= 15 is 0 Å². The minimum Gasteiger partial charge on any atom is -0.263 e. The van der Waals surface area contributed by atoms with Crippen LogP contribution in [0, 0.1) is 11.6 Å². The number of nitrogens with zero attached hydrogens (tertiary/aromatic N) is 2. The van der Waals surface area contributed by atoms with Gasteiger partial charge in [-0.05, 0) is 25.0 Å². The summed E-state index contributed by atoms with van der Waals surface area (Å²) in [6.45, 7) is 0. The number of H-pyrrole nitrogens is 1. The molecule has 2 aromatic rings. The summed E-state index contributed by atoms with van der Waals surface area (Å²) >= 11 is 0. The van der Waals surface area contributed by atoms with Gasteiger partial charge in [0.05, 0.1) is 0 Å². The van der Waals surface area contributed by atoms with Crippen LogP contribution < -0.4 is 0 Å². The fraction of sp³-hybridized carbons (Fsp3) is 0.467. The highest BCUT2D eigenvalue weighted by Gasteiger charge is 2.20. The molecule has 1 N–H and O–H groups in total. The van der Waals surface area contributed by atoms with E-state index < -0.39 is 11.6 Å². The van der Waals surface area contributed by atoms with E-state index in [1.165, 1.54) is 37.5 Å². The summed E-state index contributed by atoms with van der Waals surface area (Å²) in [6, 6.07) is 3.88. The Kier molecular flexibility index (Phi) is 3.76. The van der Waals surface area contributed by atoms with E-state index in [1.54, 1.807) is 0 Å². The zero-order valence-electron chi connectivity index (χ0n) is 11.2. The topological polar surface area (TPSA) is 41.6 Å². The van der Waals surface area contributed by atoms with Gasteiger partial charge < -0.3 is 0 Å². The molecule has 1 aliphatic rings. The van der Waals surface area contributed by atoms with Gasteiger partial charge in [-0.2, -0.15) is 5.10 Å². The number of halogens is 2. The first-order valence-electron chi connectivity index (χ1n) is 7.08. The van der Waals surface area contributed by atoms with E-state index in [2.05, 4.69) is 15.2 Å². The van der Waals surface area contributed by atoms with E-state index in [0.29, 0.717) is 11.7 Å². The molecule has 0 aliphatic heterocycles. The van der Waals surface area contributed by atoms with Crippen LogP contribution in [0.15, 0.2) is 18.2 Å². The lowest BCUT2D eigenvalue weighted by Crippen LogP contribution is -2.06. The maximum Gasteiger partial charge on any atom is 0.153 e. The predicted molar refractivity (Wildman–Crippen MR) is 71.4 cm³/mol. The van der Waals surface area contributed by atoms with Crippen molar-refractivity contribution in [2.75, 3.05) is 0 Å². The first-order chi connectivity index (χ1) is 9.74. The quantitative estimate of drug-likeness (QED) is 0.929. The number of benzene rings is 1. The van der Waals surface area contributed by atoms with Crippen molar-refractivity contribution in [2.24, 2.45) is 0 Å². The number of rotatable bonds is 3. The van der Waals surface area contributed by atoms with Gasteiger partial charge in [0.1, 0.15) is 17.5 Å². The number of hydrogen-bond acceptors (Lipinski definition) is 2. The Labute approximate surface area is 116 Å². The van der Waals surface area contributed by atoms with Crippen LogP contribution >= 0.6 is 0 Å². The Morgan fingerprint density at radius 2 is 1.80 bits per heavy atom. The standard InChI is InChI=1S/C15H17F2N3/c16-12-7-4-8-13(17)11(12)9-14-18-15(20-19-14)10-5-2-1-3-6-10/h4,7-8,10H,1-3,5-6,9H2,(H,18,19,20). The second-order valence-electron chi connectivity index (χ2n) is 5.35.